The van der Waals surface area contributed by atoms with Crippen molar-refractivity contribution < 1.29 is 23.9 Å². The van der Waals surface area contributed by atoms with Crippen LogP contribution in [0, 0.1) is 0 Å². The number of piperidine rings is 1. The minimum Gasteiger partial charge on any atom is -0.493 e. The van der Waals surface area contributed by atoms with Crippen LogP contribution in [0.5, 0.6) is 5.75 Å². The Hall–Kier alpha value is -3.39. The number of benzene rings is 1. The van der Waals surface area contributed by atoms with Gasteiger partial charge in [0.15, 0.2) is 0 Å². The van der Waals surface area contributed by atoms with E-state index >= 15 is 0 Å². The van der Waals surface area contributed by atoms with E-state index in [1.807, 2.05) is 0 Å². The Kier molecular flexibility index (Phi) is 4.85. The average molecular weight is 357 g/mol. The smallest absolute Gasteiger partial charge is 0.266 e. The summed E-state index contributed by atoms with van der Waals surface area (Å²) in [7, 11) is 0. The molecule has 1 aromatic rings. The van der Waals surface area contributed by atoms with Crippen molar-refractivity contribution >= 4 is 23.6 Å². The van der Waals surface area contributed by atoms with Gasteiger partial charge in [-0.1, -0.05) is 11.2 Å². The van der Waals surface area contributed by atoms with Crippen molar-refractivity contribution in [1.29, 1.82) is 0 Å². The predicted octanol–water partition coefficient (Wildman–Crippen LogP) is 1.17. The summed E-state index contributed by atoms with van der Waals surface area (Å²) in [4.78, 5) is 52.3. The quantitative estimate of drug-likeness (QED) is 0.267. The third-order valence-electron chi connectivity index (χ3n) is 4.15. The number of carbonyl (C=O) groups is 4. The molecule has 3 rings (SSSR count). The van der Waals surface area contributed by atoms with Gasteiger partial charge in [-0.25, -0.2) is 0 Å². The molecule has 1 fully saturated rings. The molecule has 0 aromatic heterocycles. The van der Waals surface area contributed by atoms with E-state index in [0.29, 0.717) is 6.42 Å². The van der Waals surface area contributed by atoms with E-state index in [4.69, 9.17) is 10.3 Å². The molecule has 2 heterocycles. The monoisotopic (exact) mass is 357 g/mol. The zero-order valence-corrected chi connectivity index (χ0v) is 13.7. The molecule has 0 spiro atoms. The Labute approximate surface area is 147 Å². The number of nitrogens with zero attached hydrogens (tertiary/aromatic N) is 4. The first kappa shape index (κ1) is 17.4. The molecule has 1 atom stereocenters. The van der Waals surface area contributed by atoms with E-state index in [2.05, 4.69) is 15.3 Å². The Morgan fingerprint density at radius 1 is 1.27 bits per heavy atom. The third-order valence-corrected chi connectivity index (χ3v) is 4.15. The van der Waals surface area contributed by atoms with E-state index in [0.717, 1.165) is 4.90 Å². The molecular formula is C16H15N5O5. The van der Waals surface area contributed by atoms with E-state index in [1.54, 1.807) is 12.1 Å². The number of azide groups is 1. The SMILES string of the molecule is [N-]=[N+]=NCCCOc1cccc2c1C(=O)N(C1CCC(=O)NC1=O)C2=O. The summed E-state index contributed by atoms with van der Waals surface area (Å²) in [6.45, 7) is 0.455. The number of hydrogen-bond donors (Lipinski definition) is 1. The summed E-state index contributed by atoms with van der Waals surface area (Å²) in [5.41, 5.74) is 8.50. The summed E-state index contributed by atoms with van der Waals surface area (Å²) >= 11 is 0. The predicted molar refractivity (Wildman–Crippen MR) is 87.2 cm³/mol. The number of nitrogens with one attached hydrogen (secondary N) is 1. The van der Waals surface area contributed by atoms with Gasteiger partial charge in [0.1, 0.15) is 11.8 Å². The molecule has 4 amide bonds. The Bertz CT molecular complexity index is 845. The summed E-state index contributed by atoms with van der Waals surface area (Å²) in [5.74, 6) is -2.06. The Morgan fingerprint density at radius 3 is 2.81 bits per heavy atom. The van der Waals surface area contributed by atoms with Crippen molar-refractivity contribution in [3.05, 3.63) is 39.8 Å². The maximum Gasteiger partial charge on any atom is 0.266 e. The minimum absolute atomic E-state index is 0.0621. The lowest BCUT2D eigenvalue weighted by Crippen LogP contribution is -2.54. The van der Waals surface area contributed by atoms with Crippen molar-refractivity contribution in [2.75, 3.05) is 13.2 Å². The second-order valence-electron chi connectivity index (χ2n) is 5.78. The highest BCUT2D eigenvalue weighted by molar-refractivity contribution is 6.24. The minimum atomic E-state index is -1.02. The van der Waals surface area contributed by atoms with Gasteiger partial charge < -0.3 is 4.74 Å². The summed E-state index contributed by atoms with van der Waals surface area (Å²) in [5, 5.41) is 5.54. The van der Waals surface area contributed by atoms with Gasteiger partial charge in [0.25, 0.3) is 11.8 Å². The number of fused-ring (bicyclic) bond motifs is 1. The second kappa shape index (κ2) is 7.24. The third kappa shape index (κ3) is 3.09. The number of rotatable bonds is 6. The summed E-state index contributed by atoms with van der Waals surface area (Å²) < 4.78 is 5.56. The van der Waals surface area contributed by atoms with Crippen molar-refractivity contribution in [2.45, 2.75) is 25.3 Å². The van der Waals surface area contributed by atoms with Gasteiger partial charge in [-0.05, 0) is 30.5 Å². The van der Waals surface area contributed by atoms with Crippen LogP contribution in [-0.2, 0) is 9.59 Å². The van der Waals surface area contributed by atoms with Gasteiger partial charge in [0, 0.05) is 17.9 Å². The lowest BCUT2D eigenvalue weighted by Gasteiger charge is -2.27. The highest BCUT2D eigenvalue weighted by Gasteiger charge is 2.45. The zero-order chi connectivity index (χ0) is 18.7. The van der Waals surface area contributed by atoms with Crippen LogP contribution in [0.15, 0.2) is 23.3 Å². The molecule has 1 aromatic carbocycles. The maximum atomic E-state index is 12.8. The van der Waals surface area contributed by atoms with Crippen LogP contribution in [0.4, 0.5) is 0 Å². The van der Waals surface area contributed by atoms with Gasteiger partial charge in [0.05, 0.1) is 17.7 Å². The van der Waals surface area contributed by atoms with Gasteiger partial charge in [-0.15, -0.1) is 0 Å². The van der Waals surface area contributed by atoms with E-state index in [-0.39, 0.29) is 42.9 Å². The number of amides is 4. The van der Waals surface area contributed by atoms with Gasteiger partial charge in [-0.2, -0.15) is 0 Å². The van der Waals surface area contributed by atoms with Crippen LogP contribution in [0.3, 0.4) is 0 Å². The van der Waals surface area contributed by atoms with Crippen LogP contribution >= 0.6 is 0 Å². The van der Waals surface area contributed by atoms with Crippen LogP contribution in [0.1, 0.15) is 40.0 Å². The number of carbonyl (C=O) groups excluding carboxylic acids is 4. The number of imide groups is 2. The molecule has 10 nitrogen and oxygen atoms in total. The molecule has 0 bridgehead atoms. The first-order valence-electron chi connectivity index (χ1n) is 8.03. The summed E-state index contributed by atoms with van der Waals surface area (Å²) in [6, 6.07) is 3.62. The zero-order valence-electron chi connectivity index (χ0n) is 13.7. The molecule has 1 unspecified atom stereocenters. The molecule has 2 aliphatic rings. The van der Waals surface area contributed by atoms with Crippen molar-refractivity contribution in [3.63, 3.8) is 0 Å². The highest BCUT2D eigenvalue weighted by atomic mass is 16.5. The number of ether oxygens (including phenoxy) is 1. The van der Waals surface area contributed by atoms with Crippen molar-refractivity contribution in [2.24, 2.45) is 5.11 Å². The normalized spacial score (nSPS) is 19.1. The highest BCUT2D eigenvalue weighted by Crippen LogP contribution is 2.33. The van der Waals surface area contributed by atoms with Crippen LogP contribution in [0.2, 0.25) is 0 Å². The molecule has 1 N–H and O–H groups in total. The van der Waals surface area contributed by atoms with Crippen LogP contribution in [0.25, 0.3) is 10.4 Å². The first-order valence-corrected chi connectivity index (χ1v) is 8.03. The molecule has 2 aliphatic heterocycles. The fourth-order valence-electron chi connectivity index (χ4n) is 2.97. The largest absolute Gasteiger partial charge is 0.493 e. The second-order valence-corrected chi connectivity index (χ2v) is 5.78. The molecule has 134 valence electrons. The number of hydrogen-bond acceptors (Lipinski definition) is 6. The maximum absolute atomic E-state index is 12.8. The fraction of sp³-hybridized carbons (Fsp3) is 0.375. The van der Waals surface area contributed by atoms with E-state index in [9.17, 15) is 19.2 Å². The molecule has 0 saturated carbocycles. The van der Waals surface area contributed by atoms with Crippen molar-refractivity contribution in [1.82, 2.24) is 10.2 Å². The van der Waals surface area contributed by atoms with Crippen LogP contribution < -0.4 is 10.1 Å². The Balaban J connectivity index is 1.81. The molecule has 26 heavy (non-hydrogen) atoms. The molecular weight excluding hydrogens is 342 g/mol. The molecule has 0 radical (unpaired) electrons. The van der Waals surface area contributed by atoms with E-state index < -0.39 is 29.7 Å². The van der Waals surface area contributed by atoms with Crippen LogP contribution in [-0.4, -0.2) is 47.7 Å². The summed E-state index contributed by atoms with van der Waals surface area (Å²) in [6.07, 6.45) is 0.609. The molecule has 10 heteroatoms. The van der Waals surface area contributed by atoms with Gasteiger partial charge >= 0.3 is 0 Å². The fourth-order valence-corrected chi connectivity index (χ4v) is 2.97. The lowest BCUT2D eigenvalue weighted by atomic mass is 10.0. The van der Waals surface area contributed by atoms with E-state index in [1.165, 1.54) is 6.07 Å². The molecule has 0 aliphatic carbocycles. The van der Waals surface area contributed by atoms with Crippen molar-refractivity contribution in [3.8, 4) is 5.75 Å². The topological polar surface area (TPSA) is 142 Å². The average Bonchev–Trinajstić information content (AvgIpc) is 2.87. The molecule has 1 saturated heterocycles. The first-order chi connectivity index (χ1) is 12.5. The van der Waals surface area contributed by atoms with Gasteiger partial charge in [0.2, 0.25) is 11.8 Å². The Morgan fingerprint density at radius 2 is 2.08 bits per heavy atom. The van der Waals surface area contributed by atoms with Gasteiger partial charge in [-0.3, -0.25) is 29.4 Å². The standard InChI is InChI=1S/C16H15N5O5/c17-20-18-7-2-8-26-11-4-1-3-9-13(11)16(25)21(15(9)24)10-5-6-12(22)19-14(10)23/h1,3-4,10H,2,5-8H2,(H,19,22,23). The lowest BCUT2D eigenvalue weighted by molar-refractivity contribution is -0.136.